The zero-order valence-corrected chi connectivity index (χ0v) is 10.4. The second kappa shape index (κ2) is 5.90. The fraction of sp³-hybridized carbons (Fsp3) is 0.462. The van der Waals surface area contributed by atoms with E-state index in [9.17, 15) is 4.79 Å². The van der Waals surface area contributed by atoms with Gasteiger partial charge in [0.1, 0.15) is 0 Å². The molecule has 88 valence electrons. The Bertz CT molecular complexity index is 331. The van der Waals surface area contributed by atoms with Gasteiger partial charge in [-0.2, -0.15) is 0 Å². The molecule has 0 spiro atoms. The molecule has 2 nitrogen and oxygen atoms in total. The Morgan fingerprint density at radius 3 is 2.25 bits per heavy atom. The molecule has 1 fully saturated rings. The Kier molecular flexibility index (Phi) is 4.81. The first-order chi connectivity index (χ1) is 7.27. The number of nitrogens with zero attached hydrogens (tertiary/aromatic N) is 1. The lowest BCUT2D eigenvalue weighted by Gasteiger charge is -2.31. The van der Waals surface area contributed by atoms with Gasteiger partial charge in [0, 0.05) is 20.0 Å². The lowest BCUT2D eigenvalue weighted by molar-refractivity contribution is -0.129. The van der Waals surface area contributed by atoms with Gasteiger partial charge in [-0.05, 0) is 24.3 Å². The average molecular weight is 240 g/mol. The van der Waals surface area contributed by atoms with Gasteiger partial charge in [0.2, 0.25) is 5.91 Å². The zero-order valence-electron chi connectivity index (χ0n) is 9.56. The number of hydrogen-bond acceptors (Lipinski definition) is 1. The standard InChI is InChI=1S/C13H17NO.ClH/c1-11(15)14-9-7-13(8-10-14)12-5-3-2-4-6-12;/h2-6,13H,7-10H2,1H3;1H. The summed E-state index contributed by atoms with van der Waals surface area (Å²) < 4.78 is 0. The molecule has 0 saturated carbocycles. The van der Waals surface area contributed by atoms with Gasteiger partial charge >= 0.3 is 0 Å². The van der Waals surface area contributed by atoms with Crippen LogP contribution in [-0.4, -0.2) is 23.9 Å². The molecule has 16 heavy (non-hydrogen) atoms. The predicted molar refractivity (Wildman–Crippen MR) is 67.9 cm³/mol. The molecule has 0 aliphatic carbocycles. The fourth-order valence-corrected chi connectivity index (χ4v) is 2.25. The van der Waals surface area contributed by atoms with Crippen LogP contribution in [0.5, 0.6) is 0 Å². The van der Waals surface area contributed by atoms with Crippen LogP contribution in [0.3, 0.4) is 0 Å². The zero-order chi connectivity index (χ0) is 10.7. The van der Waals surface area contributed by atoms with Gasteiger partial charge in [0.25, 0.3) is 0 Å². The van der Waals surface area contributed by atoms with E-state index < -0.39 is 0 Å². The van der Waals surface area contributed by atoms with Crippen LogP contribution in [0.25, 0.3) is 0 Å². The summed E-state index contributed by atoms with van der Waals surface area (Å²) in [5.74, 6) is 0.850. The Labute approximate surface area is 103 Å². The van der Waals surface area contributed by atoms with Crippen molar-refractivity contribution in [3.8, 4) is 0 Å². The predicted octanol–water partition coefficient (Wildman–Crippen LogP) is 2.83. The summed E-state index contributed by atoms with van der Waals surface area (Å²) >= 11 is 0. The third-order valence-corrected chi connectivity index (χ3v) is 3.21. The van der Waals surface area contributed by atoms with Crippen molar-refractivity contribution in [2.45, 2.75) is 25.7 Å². The molecule has 0 aromatic heterocycles. The van der Waals surface area contributed by atoms with Crippen LogP contribution >= 0.6 is 12.4 Å². The molecule has 1 aliphatic heterocycles. The highest BCUT2D eigenvalue weighted by atomic mass is 35.5. The molecule has 0 N–H and O–H groups in total. The first kappa shape index (κ1) is 13.0. The van der Waals surface area contributed by atoms with E-state index in [1.807, 2.05) is 11.0 Å². The van der Waals surface area contributed by atoms with Gasteiger partial charge in [0.05, 0.1) is 0 Å². The van der Waals surface area contributed by atoms with E-state index in [-0.39, 0.29) is 18.3 Å². The molecule has 1 saturated heterocycles. The Balaban J connectivity index is 0.00000128. The first-order valence-electron chi connectivity index (χ1n) is 5.58. The monoisotopic (exact) mass is 239 g/mol. The van der Waals surface area contributed by atoms with E-state index >= 15 is 0 Å². The van der Waals surface area contributed by atoms with E-state index in [0.29, 0.717) is 5.92 Å². The second-order valence-corrected chi connectivity index (χ2v) is 4.19. The van der Waals surface area contributed by atoms with Crippen LogP contribution in [0.2, 0.25) is 0 Å². The van der Waals surface area contributed by atoms with E-state index in [1.165, 1.54) is 5.56 Å². The SMILES string of the molecule is CC(=O)N1CCC(c2ccccc2)CC1.Cl. The summed E-state index contributed by atoms with van der Waals surface area (Å²) in [5, 5.41) is 0. The van der Waals surface area contributed by atoms with Crippen LogP contribution < -0.4 is 0 Å². The number of rotatable bonds is 1. The summed E-state index contributed by atoms with van der Waals surface area (Å²) in [7, 11) is 0. The largest absolute Gasteiger partial charge is 0.343 e. The van der Waals surface area contributed by atoms with Crippen molar-refractivity contribution in [1.29, 1.82) is 0 Å². The van der Waals surface area contributed by atoms with Crippen molar-refractivity contribution in [2.24, 2.45) is 0 Å². The Hall–Kier alpha value is -1.02. The number of piperidine rings is 1. The normalized spacial score (nSPS) is 16.7. The minimum absolute atomic E-state index is 0. The van der Waals surface area contributed by atoms with Crippen molar-refractivity contribution in [1.82, 2.24) is 4.90 Å². The van der Waals surface area contributed by atoms with E-state index in [4.69, 9.17) is 0 Å². The summed E-state index contributed by atoms with van der Waals surface area (Å²) in [5.41, 5.74) is 1.42. The van der Waals surface area contributed by atoms with E-state index in [1.54, 1.807) is 6.92 Å². The number of carbonyl (C=O) groups excluding carboxylic acids is 1. The van der Waals surface area contributed by atoms with Crippen LogP contribution in [0.4, 0.5) is 0 Å². The maximum Gasteiger partial charge on any atom is 0.219 e. The third kappa shape index (κ3) is 2.99. The van der Waals surface area contributed by atoms with Gasteiger partial charge < -0.3 is 4.90 Å². The van der Waals surface area contributed by atoms with Crippen molar-refractivity contribution in [2.75, 3.05) is 13.1 Å². The van der Waals surface area contributed by atoms with Crippen molar-refractivity contribution < 1.29 is 4.79 Å². The van der Waals surface area contributed by atoms with Crippen LogP contribution in [-0.2, 0) is 4.79 Å². The minimum atomic E-state index is 0. The topological polar surface area (TPSA) is 20.3 Å². The number of likely N-dealkylation sites (tertiary alicyclic amines) is 1. The van der Waals surface area contributed by atoms with Gasteiger partial charge in [-0.25, -0.2) is 0 Å². The summed E-state index contributed by atoms with van der Waals surface area (Å²) in [6.07, 6.45) is 2.20. The van der Waals surface area contributed by atoms with Crippen molar-refractivity contribution in [3.05, 3.63) is 35.9 Å². The number of halogens is 1. The van der Waals surface area contributed by atoms with Gasteiger partial charge in [-0.15, -0.1) is 12.4 Å². The maximum atomic E-state index is 11.2. The van der Waals surface area contributed by atoms with E-state index in [2.05, 4.69) is 24.3 Å². The number of carbonyl (C=O) groups is 1. The highest BCUT2D eigenvalue weighted by Gasteiger charge is 2.21. The van der Waals surface area contributed by atoms with E-state index in [0.717, 1.165) is 25.9 Å². The lowest BCUT2D eigenvalue weighted by Crippen LogP contribution is -2.36. The third-order valence-electron chi connectivity index (χ3n) is 3.21. The minimum Gasteiger partial charge on any atom is -0.343 e. The lowest BCUT2D eigenvalue weighted by atomic mass is 9.89. The van der Waals surface area contributed by atoms with Gasteiger partial charge in [-0.1, -0.05) is 30.3 Å². The van der Waals surface area contributed by atoms with Crippen LogP contribution in [0, 0.1) is 0 Å². The highest BCUT2D eigenvalue weighted by Crippen LogP contribution is 2.27. The molecule has 0 atom stereocenters. The van der Waals surface area contributed by atoms with Crippen molar-refractivity contribution in [3.63, 3.8) is 0 Å². The quantitative estimate of drug-likeness (QED) is 0.738. The summed E-state index contributed by atoms with van der Waals surface area (Å²) in [4.78, 5) is 13.1. The molecule has 0 radical (unpaired) electrons. The molecular formula is C13H18ClNO. The smallest absolute Gasteiger partial charge is 0.219 e. The second-order valence-electron chi connectivity index (χ2n) is 4.19. The molecule has 1 aromatic carbocycles. The Morgan fingerprint density at radius 1 is 1.19 bits per heavy atom. The summed E-state index contributed by atoms with van der Waals surface area (Å²) in [6, 6.07) is 10.6. The molecule has 1 aliphatic rings. The van der Waals surface area contributed by atoms with Crippen molar-refractivity contribution >= 4 is 18.3 Å². The molecule has 1 heterocycles. The highest BCUT2D eigenvalue weighted by molar-refractivity contribution is 5.85. The maximum absolute atomic E-state index is 11.2. The number of hydrogen-bond donors (Lipinski definition) is 0. The molecule has 0 unspecified atom stereocenters. The number of amides is 1. The molecule has 3 heteroatoms. The summed E-state index contributed by atoms with van der Waals surface area (Å²) in [6.45, 7) is 3.48. The molecular weight excluding hydrogens is 222 g/mol. The van der Waals surface area contributed by atoms with Crippen LogP contribution in [0.15, 0.2) is 30.3 Å². The molecule has 0 bridgehead atoms. The molecule has 1 aromatic rings. The number of benzene rings is 1. The molecule has 2 rings (SSSR count). The average Bonchev–Trinajstić information content (AvgIpc) is 2.30. The fourth-order valence-electron chi connectivity index (χ4n) is 2.25. The van der Waals surface area contributed by atoms with Gasteiger partial charge in [0.15, 0.2) is 0 Å². The van der Waals surface area contributed by atoms with Gasteiger partial charge in [-0.3, -0.25) is 4.79 Å². The molecule has 1 amide bonds. The first-order valence-corrected chi connectivity index (χ1v) is 5.58. The van der Waals surface area contributed by atoms with Crippen LogP contribution in [0.1, 0.15) is 31.2 Å². The Morgan fingerprint density at radius 2 is 1.75 bits per heavy atom.